The first-order valence-electron chi connectivity index (χ1n) is 6.45. The second-order valence-electron chi connectivity index (χ2n) is 4.45. The van der Waals surface area contributed by atoms with Gasteiger partial charge in [0, 0.05) is 23.7 Å². The smallest absolute Gasteiger partial charge is 0.143 e. The third-order valence-corrected chi connectivity index (χ3v) is 3.43. The number of nitrogens with zero attached hydrogens (tertiary/aromatic N) is 2. The van der Waals surface area contributed by atoms with Gasteiger partial charge in [-0.25, -0.2) is 4.98 Å². The minimum atomic E-state index is 0.323. The van der Waals surface area contributed by atoms with Crippen LogP contribution in [-0.2, 0) is 19.7 Å². The molecule has 1 aromatic carbocycles. The Hall–Kier alpha value is -1.23. The van der Waals surface area contributed by atoms with Gasteiger partial charge in [-0.05, 0) is 18.6 Å². The van der Waals surface area contributed by atoms with Crippen LogP contribution in [0, 0.1) is 0 Å². The summed E-state index contributed by atoms with van der Waals surface area (Å²) in [6, 6.07) is 3.42. The van der Waals surface area contributed by atoms with E-state index in [9.17, 15) is 0 Å². The SMILES string of the molecule is CCCn1cncc1COc1c(Cl)cc(Cl)cc1CN. The van der Waals surface area contributed by atoms with E-state index >= 15 is 0 Å². The van der Waals surface area contributed by atoms with Crippen molar-refractivity contribution >= 4 is 23.2 Å². The van der Waals surface area contributed by atoms with E-state index in [1.165, 1.54) is 0 Å². The van der Waals surface area contributed by atoms with E-state index < -0.39 is 0 Å². The van der Waals surface area contributed by atoms with Crippen LogP contribution in [0.2, 0.25) is 10.0 Å². The molecule has 0 fully saturated rings. The van der Waals surface area contributed by atoms with E-state index in [-0.39, 0.29) is 0 Å². The van der Waals surface area contributed by atoms with E-state index in [0.29, 0.717) is 28.9 Å². The van der Waals surface area contributed by atoms with Crippen LogP contribution in [0.3, 0.4) is 0 Å². The lowest BCUT2D eigenvalue weighted by atomic mass is 10.2. The Morgan fingerprint density at radius 3 is 2.85 bits per heavy atom. The molecule has 0 spiro atoms. The molecule has 0 saturated heterocycles. The molecule has 2 aromatic rings. The van der Waals surface area contributed by atoms with E-state index in [1.54, 1.807) is 24.7 Å². The normalized spacial score (nSPS) is 10.8. The molecule has 1 heterocycles. The summed E-state index contributed by atoms with van der Waals surface area (Å²) in [4.78, 5) is 4.14. The zero-order valence-electron chi connectivity index (χ0n) is 11.3. The fourth-order valence-electron chi connectivity index (χ4n) is 1.98. The molecule has 2 rings (SSSR count). The zero-order valence-corrected chi connectivity index (χ0v) is 12.8. The van der Waals surface area contributed by atoms with Gasteiger partial charge in [-0.2, -0.15) is 0 Å². The maximum absolute atomic E-state index is 6.17. The summed E-state index contributed by atoms with van der Waals surface area (Å²) >= 11 is 12.1. The molecule has 4 nitrogen and oxygen atoms in total. The van der Waals surface area contributed by atoms with Crippen molar-refractivity contribution in [2.24, 2.45) is 5.73 Å². The average Bonchev–Trinajstić information content (AvgIpc) is 2.85. The van der Waals surface area contributed by atoms with Gasteiger partial charge in [-0.15, -0.1) is 0 Å². The quantitative estimate of drug-likeness (QED) is 0.885. The van der Waals surface area contributed by atoms with Crippen LogP contribution in [0.5, 0.6) is 5.75 Å². The molecular weight excluding hydrogens is 297 g/mol. The van der Waals surface area contributed by atoms with E-state index in [2.05, 4.69) is 16.5 Å². The number of rotatable bonds is 6. The molecule has 0 saturated carbocycles. The molecular formula is C14H17Cl2N3O. The minimum Gasteiger partial charge on any atom is -0.485 e. The number of hydrogen-bond acceptors (Lipinski definition) is 3. The Labute approximate surface area is 128 Å². The van der Waals surface area contributed by atoms with Crippen LogP contribution in [0.4, 0.5) is 0 Å². The standard InChI is InChI=1S/C14H17Cl2N3O/c1-2-3-19-9-18-7-12(19)8-20-14-10(6-17)4-11(15)5-13(14)16/h4-5,7,9H,2-3,6,8,17H2,1H3. The predicted octanol–water partition coefficient (Wildman–Crippen LogP) is 3.64. The van der Waals surface area contributed by atoms with Crippen LogP contribution >= 0.6 is 23.2 Å². The van der Waals surface area contributed by atoms with Gasteiger partial charge in [-0.3, -0.25) is 0 Å². The van der Waals surface area contributed by atoms with Gasteiger partial charge in [0.15, 0.2) is 0 Å². The zero-order chi connectivity index (χ0) is 14.5. The van der Waals surface area contributed by atoms with Gasteiger partial charge in [-0.1, -0.05) is 30.1 Å². The van der Waals surface area contributed by atoms with Crippen LogP contribution in [0.25, 0.3) is 0 Å². The van der Waals surface area contributed by atoms with Gasteiger partial charge in [0.05, 0.1) is 23.2 Å². The lowest BCUT2D eigenvalue weighted by Gasteiger charge is -2.13. The van der Waals surface area contributed by atoms with E-state index in [0.717, 1.165) is 24.2 Å². The lowest BCUT2D eigenvalue weighted by molar-refractivity contribution is 0.292. The second kappa shape index (κ2) is 6.97. The number of aryl methyl sites for hydroxylation is 1. The Morgan fingerprint density at radius 1 is 1.35 bits per heavy atom. The first kappa shape index (κ1) is 15.2. The lowest BCUT2D eigenvalue weighted by Crippen LogP contribution is -2.07. The van der Waals surface area contributed by atoms with Crippen molar-refractivity contribution in [3.05, 3.63) is 46.0 Å². The molecule has 2 N–H and O–H groups in total. The number of nitrogens with two attached hydrogens (primary N) is 1. The molecule has 0 atom stereocenters. The predicted molar refractivity (Wildman–Crippen MR) is 81.2 cm³/mol. The van der Waals surface area contributed by atoms with Gasteiger partial charge in [0.2, 0.25) is 0 Å². The summed E-state index contributed by atoms with van der Waals surface area (Å²) in [7, 11) is 0. The molecule has 0 radical (unpaired) electrons. The van der Waals surface area contributed by atoms with Crippen molar-refractivity contribution in [3.63, 3.8) is 0 Å². The molecule has 0 amide bonds. The third kappa shape index (κ3) is 3.45. The number of halogens is 2. The molecule has 0 aliphatic heterocycles. The summed E-state index contributed by atoms with van der Waals surface area (Å²) < 4.78 is 7.88. The van der Waals surface area contributed by atoms with Crippen molar-refractivity contribution in [1.82, 2.24) is 9.55 Å². The van der Waals surface area contributed by atoms with Gasteiger partial charge < -0.3 is 15.0 Å². The maximum Gasteiger partial charge on any atom is 0.143 e. The number of ether oxygens (including phenoxy) is 1. The summed E-state index contributed by atoms with van der Waals surface area (Å²) in [5.74, 6) is 0.586. The van der Waals surface area contributed by atoms with Crippen molar-refractivity contribution < 1.29 is 4.74 Å². The summed E-state index contributed by atoms with van der Waals surface area (Å²) in [5, 5.41) is 1.03. The highest BCUT2D eigenvalue weighted by atomic mass is 35.5. The summed E-state index contributed by atoms with van der Waals surface area (Å²) in [6.45, 7) is 3.75. The molecule has 108 valence electrons. The minimum absolute atomic E-state index is 0.323. The average molecular weight is 314 g/mol. The number of aromatic nitrogens is 2. The highest BCUT2D eigenvalue weighted by Crippen LogP contribution is 2.32. The largest absolute Gasteiger partial charge is 0.485 e. The second-order valence-corrected chi connectivity index (χ2v) is 5.29. The van der Waals surface area contributed by atoms with Gasteiger partial charge >= 0.3 is 0 Å². The van der Waals surface area contributed by atoms with Crippen molar-refractivity contribution in [2.45, 2.75) is 33.0 Å². The number of hydrogen-bond donors (Lipinski definition) is 1. The molecule has 0 aliphatic carbocycles. The molecule has 0 bridgehead atoms. The van der Waals surface area contributed by atoms with Crippen LogP contribution in [0.1, 0.15) is 24.6 Å². The van der Waals surface area contributed by atoms with Crippen LogP contribution in [-0.4, -0.2) is 9.55 Å². The fraction of sp³-hybridized carbons (Fsp3) is 0.357. The highest BCUT2D eigenvalue weighted by molar-refractivity contribution is 6.35. The fourth-order valence-corrected chi connectivity index (χ4v) is 2.57. The number of imidazole rings is 1. The molecule has 6 heteroatoms. The number of benzene rings is 1. The Bertz CT molecular complexity index is 584. The highest BCUT2D eigenvalue weighted by Gasteiger charge is 2.11. The Kier molecular flexibility index (Phi) is 5.29. The van der Waals surface area contributed by atoms with E-state index in [1.807, 2.05) is 0 Å². The van der Waals surface area contributed by atoms with Gasteiger partial charge in [0.25, 0.3) is 0 Å². The molecule has 1 aromatic heterocycles. The van der Waals surface area contributed by atoms with Gasteiger partial charge in [0.1, 0.15) is 12.4 Å². The van der Waals surface area contributed by atoms with Crippen molar-refractivity contribution in [3.8, 4) is 5.75 Å². The topological polar surface area (TPSA) is 53.1 Å². The third-order valence-electron chi connectivity index (χ3n) is 2.93. The van der Waals surface area contributed by atoms with Crippen molar-refractivity contribution in [1.29, 1.82) is 0 Å². The molecule has 0 aliphatic rings. The van der Waals surface area contributed by atoms with Crippen LogP contribution in [0.15, 0.2) is 24.7 Å². The monoisotopic (exact) mass is 313 g/mol. The van der Waals surface area contributed by atoms with Crippen LogP contribution < -0.4 is 10.5 Å². The maximum atomic E-state index is 6.17. The van der Waals surface area contributed by atoms with Crippen molar-refractivity contribution in [2.75, 3.05) is 0 Å². The summed E-state index contributed by atoms with van der Waals surface area (Å²) in [5.41, 5.74) is 7.50. The first-order valence-corrected chi connectivity index (χ1v) is 7.21. The Balaban J connectivity index is 2.16. The molecule has 20 heavy (non-hydrogen) atoms. The molecule has 0 unspecified atom stereocenters. The van der Waals surface area contributed by atoms with E-state index in [4.69, 9.17) is 33.7 Å². The Morgan fingerprint density at radius 2 is 2.15 bits per heavy atom. The first-order chi connectivity index (χ1) is 9.65. The summed E-state index contributed by atoms with van der Waals surface area (Å²) in [6.07, 6.45) is 4.64.